The highest BCUT2D eigenvalue weighted by atomic mass is 16.5. The molecule has 2 aliphatic carbocycles. The molecule has 2 nitrogen and oxygen atoms in total. The summed E-state index contributed by atoms with van der Waals surface area (Å²) >= 11 is 0. The highest BCUT2D eigenvalue weighted by Gasteiger charge is 2.29. The first-order valence-electron chi connectivity index (χ1n) is 7.30. The monoisotopic (exact) mass is 258 g/mol. The van der Waals surface area contributed by atoms with E-state index in [1.165, 1.54) is 16.7 Å². The smallest absolute Gasteiger partial charge is 0.122 e. The van der Waals surface area contributed by atoms with E-state index < -0.39 is 0 Å². The molecular weight excluding hydrogens is 236 g/mol. The van der Waals surface area contributed by atoms with Crippen LogP contribution in [0.1, 0.15) is 33.1 Å². The van der Waals surface area contributed by atoms with Crippen molar-refractivity contribution in [2.45, 2.75) is 39.2 Å². The molecule has 3 rings (SSSR count). The van der Waals surface area contributed by atoms with Gasteiger partial charge in [-0.15, -0.1) is 0 Å². The zero-order chi connectivity index (χ0) is 13.2. The predicted octanol–water partition coefficient (Wildman–Crippen LogP) is 3.92. The van der Waals surface area contributed by atoms with Gasteiger partial charge in [0.2, 0.25) is 0 Å². The first-order chi connectivity index (χ1) is 9.27. The summed E-state index contributed by atoms with van der Waals surface area (Å²) in [6.45, 7) is 6.01. The van der Waals surface area contributed by atoms with Gasteiger partial charge in [0.1, 0.15) is 5.76 Å². The van der Waals surface area contributed by atoms with Crippen LogP contribution in [0.15, 0.2) is 46.8 Å². The summed E-state index contributed by atoms with van der Waals surface area (Å²) in [6, 6.07) is 0. The van der Waals surface area contributed by atoms with E-state index in [0.29, 0.717) is 5.92 Å². The molecule has 2 heteroatoms. The van der Waals surface area contributed by atoms with Gasteiger partial charge in [0.25, 0.3) is 0 Å². The largest absolute Gasteiger partial charge is 0.493 e. The van der Waals surface area contributed by atoms with Gasteiger partial charge in [-0.25, -0.2) is 0 Å². The van der Waals surface area contributed by atoms with E-state index in [1.54, 1.807) is 0 Å². The van der Waals surface area contributed by atoms with Gasteiger partial charge < -0.3 is 9.47 Å². The summed E-state index contributed by atoms with van der Waals surface area (Å²) in [5, 5.41) is 0. The molecule has 0 aromatic carbocycles. The number of fused-ring (bicyclic) bond motifs is 2. The number of allylic oxidation sites excluding steroid dienone is 4. The Hall–Kier alpha value is -1.28. The van der Waals surface area contributed by atoms with Crippen LogP contribution in [0.4, 0.5) is 0 Å². The Morgan fingerprint density at radius 3 is 2.79 bits per heavy atom. The Balaban J connectivity index is 2.12. The van der Waals surface area contributed by atoms with E-state index >= 15 is 0 Å². The van der Waals surface area contributed by atoms with Crippen LogP contribution >= 0.6 is 0 Å². The van der Waals surface area contributed by atoms with E-state index in [1.807, 2.05) is 0 Å². The maximum absolute atomic E-state index is 6.09. The van der Waals surface area contributed by atoms with Gasteiger partial charge in [0, 0.05) is 12.0 Å². The van der Waals surface area contributed by atoms with E-state index in [9.17, 15) is 0 Å². The fraction of sp³-hybridized carbons (Fsp3) is 0.529. The lowest BCUT2D eigenvalue weighted by Gasteiger charge is -2.30. The van der Waals surface area contributed by atoms with Gasteiger partial charge in [-0.05, 0) is 42.9 Å². The average molecular weight is 258 g/mol. The molecule has 3 aliphatic rings. The summed E-state index contributed by atoms with van der Waals surface area (Å²) in [4.78, 5) is 0. The number of hydrogen-bond donors (Lipinski definition) is 0. The standard InChI is InChI=1S/C17H22O2/c1-12-6-3-8-14-16(12)17-13(2)7-4-9-15(17)19-11-5-10-18-14/h3-4,6,9,13-14H,5,7-8,10-11H2,1-2H3. The molecular formula is C17H22O2. The van der Waals surface area contributed by atoms with Crippen molar-refractivity contribution in [3.8, 4) is 0 Å². The van der Waals surface area contributed by atoms with Crippen molar-refractivity contribution in [2.24, 2.45) is 5.92 Å². The highest BCUT2D eigenvalue weighted by molar-refractivity contribution is 5.50. The van der Waals surface area contributed by atoms with E-state index in [4.69, 9.17) is 9.47 Å². The average Bonchev–Trinajstić information content (AvgIpc) is 2.48. The molecule has 0 saturated carbocycles. The van der Waals surface area contributed by atoms with Crippen LogP contribution < -0.4 is 0 Å². The minimum atomic E-state index is 0.214. The van der Waals surface area contributed by atoms with Gasteiger partial charge in [-0.2, -0.15) is 0 Å². The summed E-state index contributed by atoms with van der Waals surface area (Å²) in [5.41, 5.74) is 4.07. The van der Waals surface area contributed by atoms with Crippen molar-refractivity contribution in [1.29, 1.82) is 0 Å². The zero-order valence-corrected chi connectivity index (χ0v) is 11.8. The first-order valence-corrected chi connectivity index (χ1v) is 7.30. The molecule has 0 bridgehead atoms. The molecule has 102 valence electrons. The lowest BCUT2D eigenvalue weighted by Crippen LogP contribution is -2.23. The molecule has 1 heterocycles. The summed E-state index contributed by atoms with van der Waals surface area (Å²) in [5.74, 6) is 1.58. The van der Waals surface area contributed by atoms with Crippen LogP contribution in [0.5, 0.6) is 0 Å². The Morgan fingerprint density at radius 2 is 1.89 bits per heavy atom. The van der Waals surface area contributed by atoms with E-state index in [0.717, 1.165) is 38.2 Å². The highest BCUT2D eigenvalue weighted by Crippen LogP contribution is 2.38. The van der Waals surface area contributed by atoms with Crippen molar-refractivity contribution in [1.82, 2.24) is 0 Å². The normalized spacial score (nSPS) is 31.1. The molecule has 0 fully saturated rings. The Labute approximate surface area is 115 Å². The minimum Gasteiger partial charge on any atom is -0.493 e. The van der Waals surface area contributed by atoms with Crippen LogP contribution in [-0.2, 0) is 9.47 Å². The van der Waals surface area contributed by atoms with E-state index in [-0.39, 0.29) is 6.10 Å². The Bertz CT molecular complexity index is 479. The van der Waals surface area contributed by atoms with Crippen LogP contribution in [0.2, 0.25) is 0 Å². The van der Waals surface area contributed by atoms with Crippen molar-refractivity contribution in [3.05, 3.63) is 46.8 Å². The SMILES string of the molecule is CC1=C2C3=C(C=CCC3C)OCCCOC2CC=C1. The summed E-state index contributed by atoms with van der Waals surface area (Å²) in [6.07, 6.45) is 12.1. The third kappa shape index (κ3) is 2.42. The number of hydrogen-bond acceptors (Lipinski definition) is 2. The zero-order valence-electron chi connectivity index (χ0n) is 11.8. The molecule has 0 spiro atoms. The third-order valence-corrected chi connectivity index (χ3v) is 4.14. The predicted molar refractivity (Wildman–Crippen MR) is 76.7 cm³/mol. The summed E-state index contributed by atoms with van der Waals surface area (Å²) in [7, 11) is 0. The van der Waals surface area contributed by atoms with Gasteiger partial charge in [0.05, 0.1) is 19.3 Å². The van der Waals surface area contributed by atoms with Gasteiger partial charge >= 0.3 is 0 Å². The molecule has 2 unspecified atom stereocenters. The molecule has 2 atom stereocenters. The van der Waals surface area contributed by atoms with Crippen LogP contribution in [0, 0.1) is 5.92 Å². The molecule has 0 aromatic heterocycles. The molecule has 0 radical (unpaired) electrons. The Morgan fingerprint density at radius 1 is 1.05 bits per heavy atom. The van der Waals surface area contributed by atoms with Crippen molar-refractivity contribution >= 4 is 0 Å². The molecule has 0 N–H and O–H groups in total. The topological polar surface area (TPSA) is 18.5 Å². The summed E-state index contributed by atoms with van der Waals surface area (Å²) < 4.78 is 12.1. The molecule has 0 amide bonds. The number of ether oxygens (including phenoxy) is 2. The first kappa shape index (κ1) is 12.7. The quantitative estimate of drug-likeness (QED) is 0.655. The van der Waals surface area contributed by atoms with Crippen LogP contribution in [0.25, 0.3) is 0 Å². The molecule has 1 aliphatic heterocycles. The fourth-order valence-electron chi connectivity index (χ4n) is 3.19. The van der Waals surface area contributed by atoms with Gasteiger partial charge in [-0.3, -0.25) is 0 Å². The van der Waals surface area contributed by atoms with Crippen LogP contribution in [-0.4, -0.2) is 19.3 Å². The molecule has 0 saturated heterocycles. The maximum atomic E-state index is 6.09. The second-order valence-electron chi connectivity index (χ2n) is 5.61. The fourth-order valence-corrected chi connectivity index (χ4v) is 3.19. The minimum absolute atomic E-state index is 0.214. The lowest BCUT2D eigenvalue weighted by atomic mass is 9.80. The van der Waals surface area contributed by atoms with Crippen LogP contribution in [0.3, 0.4) is 0 Å². The number of rotatable bonds is 0. The van der Waals surface area contributed by atoms with Crippen molar-refractivity contribution in [2.75, 3.05) is 13.2 Å². The molecule has 19 heavy (non-hydrogen) atoms. The third-order valence-electron chi connectivity index (χ3n) is 4.14. The van der Waals surface area contributed by atoms with E-state index in [2.05, 4.69) is 38.2 Å². The lowest BCUT2D eigenvalue weighted by molar-refractivity contribution is 0.0689. The maximum Gasteiger partial charge on any atom is 0.122 e. The van der Waals surface area contributed by atoms with Gasteiger partial charge in [0.15, 0.2) is 0 Å². The Kier molecular flexibility index (Phi) is 3.61. The molecule has 0 aromatic rings. The van der Waals surface area contributed by atoms with Crippen molar-refractivity contribution in [3.63, 3.8) is 0 Å². The van der Waals surface area contributed by atoms with Crippen molar-refractivity contribution < 1.29 is 9.47 Å². The second kappa shape index (κ2) is 5.38. The van der Waals surface area contributed by atoms with Gasteiger partial charge in [-0.1, -0.05) is 25.2 Å². The second-order valence-corrected chi connectivity index (χ2v) is 5.61.